The minimum absolute atomic E-state index is 0.0284. The average molecular weight is 241 g/mol. The molecule has 2 N–H and O–H groups in total. The van der Waals surface area contributed by atoms with Crippen LogP contribution in [0.5, 0.6) is 0 Å². The van der Waals surface area contributed by atoms with Gasteiger partial charge in [-0.25, -0.2) is 0 Å². The number of piperazine rings is 1. The van der Waals surface area contributed by atoms with Gasteiger partial charge in [-0.1, -0.05) is 0 Å². The maximum Gasteiger partial charge on any atom is 0.262 e. The van der Waals surface area contributed by atoms with Crippen LogP contribution in [0.15, 0.2) is 10.6 Å². The highest BCUT2D eigenvalue weighted by Crippen LogP contribution is 2.24. The van der Waals surface area contributed by atoms with Crippen molar-refractivity contribution < 1.29 is 9.59 Å². The van der Waals surface area contributed by atoms with E-state index in [-0.39, 0.29) is 11.8 Å². The molecule has 1 saturated heterocycles. The summed E-state index contributed by atoms with van der Waals surface area (Å²) in [6, 6.07) is 0. The zero-order valence-corrected chi connectivity index (χ0v) is 10.0. The van der Waals surface area contributed by atoms with Crippen molar-refractivity contribution in [1.82, 2.24) is 15.5 Å². The van der Waals surface area contributed by atoms with E-state index in [4.69, 9.17) is 0 Å². The quantitative estimate of drug-likeness (QED) is 0.650. The summed E-state index contributed by atoms with van der Waals surface area (Å²) in [6.07, 6.45) is 0. The van der Waals surface area contributed by atoms with E-state index in [9.17, 15) is 9.59 Å². The number of amides is 2. The van der Waals surface area contributed by atoms with Crippen LogP contribution < -0.4 is 10.6 Å². The summed E-state index contributed by atoms with van der Waals surface area (Å²) in [5.74, 6) is 0.355. The number of carbonyl (C=O) groups is 2. The Balaban J connectivity index is 2.08. The number of nitrogens with one attached hydrogen (secondary N) is 2. The van der Waals surface area contributed by atoms with Crippen LogP contribution in [0.3, 0.4) is 0 Å². The maximum atomic E-state index is 12.1. The molecule has 1 fully saturated rings. The number of thioether (sulfide) groups is 1. The van der Waals surface area contributed by atoms with E-state index in [1.807, 2.05) is 4.90 Å². The summed E-state index contributed by atoms with van der Waals surface area (Å²) >= 11 is 1.34. The maximum absolute atomic E-state index is 12.1. The molecular formula is C10H15N3O2S. The standard InChI is InChI=1S/C10H15N3O2S/c1-7-9(16-6-8(14)12-7)10(15)13-4-2-11-3-5-13/h11H,2-6H2,1H3,(H,12,14). The van der Waals surface area contributed by atoms with Gasteiger partial charge in [-0.3, -0.25) is 9.59 Å². The molecule has 6 heteroatoms. The van der Waals surface area contributed by atoms with Crippen molar-refractivity contribution >= 4 is 23.6 Å². The van der Waals surface area contributed by atoms with E-state index in [1.54, 1.807) is 6.92 Å². The van der Waals surface area contributed by atoms with Crippen LogP contribution in [0.4, 0.5) is 0 Å². The van der Waals surface area contributed by atoms with Crippen LogP contribution in [0, 0.1) is 0 Å². The highest BCUT2D eigenvalue weighted by atomic mass is 32.2. The minimum atomic E-state index is -0.0284. The molecule has 0 aromatic rings. The number of hydrogen-bond donors (Lipinski definition) is 2. The third kappa shape index (κ3) is 2.38. The lowest BCUT2D eigenvalue weighted by Crippen LogP contribution is -2.47. The van der Waals surface area contributed by atoms with Crippen LogP contribution in [0.1, 0.15) is 6.92 Å². The molecule has 0 spiro atoms. The van der Waals surface area contributed by atoms with Crippen molar-refractivity contribution in [3.05, 3.63) is 10.6 Å². The highest BCUT2D eigenvalue weighted by Gasteiger charge is 2.26. The molecule has 0 aromatic carbocycles. The summed E-state index contributed by atoms with van der Waals surface area (Å²) in [7, 11) is 0. The smallest absolute Gasteiger partial charge is 0.262 e. The molecule has 16 heavy (non-hydrogen) atoms. The molecule has 88 valence electrons. The molecule has 2 aliphatic heterocycles. The van der Waals surface area contributed by atoms with Gasteiger partial charge in [0.2, 0.25) is 5.91 Å². The van der Waals surface area contributed by atoms with E-state index in [0.717, 1.165) is 26.2 Å². The Morgan fingerprint density at radius 1 is 1.38 bits per heavy atom. The molecule has 2 rings (SSSR count). The van der Waals surface area contributed by atoms with Crippen LogP contribution in [0.2, 0.25) is 0 Å². The molecule has 0 bridgehead atoms. The molecular weight excluding hydrogens is 226 g/mol. The average Bonchev–Trinajstić information content (AvgIpc) is 2.29. The van der Waals surface area contributed by atoms with Gasteiger partial charge in [-0.2, -0.15) is 0 Å². The van der Waals surface area contributed by atoms with Crippen LogP contribution in [-0.4, -0.2) is 48.6 Å². The fourth-order valence-electron chi connectivity index (χ4n) is 1.78. The van der Waals surface area contributed by atoms with Gasteiger partial charge in [0.15, 0.2) is 0 Å². The number of rotatable bonds is 1. The predicted molar refractivity (Wildman–Crippen MR) is 62.8 cm³/mol. The van der Waals surface area contributed by atoms with Gasteiger partial charge in [0, 0.05) is 31.9 Å². The zero-order valence-electron chi connectivity index (χ0n) is 9.21. The van der Waals surface area contributed by atoms with Gasteiger partial charge in [0.1, 0.15) is 0 Å². The minimum Gasteiger partial charge on any atom is -0.336 e. The summed E-state index contributed by atoms with van der Waals surface area (Å²) < 4.78 is 0. The second-order valence-corrected chi connectivity index (χ2v) is 4.82. The van der Waals surface area contributed by atoms with E-state index in [1.165, 1.54) is 11.8 Å². The zero-order chi connectivity index (χ0) is 11.5. The first-order valence-corrected chi connectivity index (χ1v) is 6.30. The van der Waals surface area contributed by atoms with Gasteiger partial charge in [0.25, 0.3) is 5.91 Å². The molecule has 0 unspecified atom stereocenters. The number of allylic oxidation sites excluding steroid dienone is 1. The molecule has 2 aliphatic rings. The normalized spacial score (nSPS) is 22.1. The Morgan fingerprint density at radius 2 is 2.06 bits per heavy atom. The van der Waals surface area contributed by atoms with E-state index >= 15 is 0 Å². The van der Waals surface area contributed by atoms with Crippen molar-refractivity contribution in [2.75, 3.05) is 31.9 Å². The Kier molecular flexibility index (Phi) is 3.50. The van der Waals surface area contributed by atoms with Crippen LogP contribution in [-0.2, 0) is 9.59 Å². The van der Waals surface area contributed by atoms with Crippen molar-refractivity contribution in [3.8, 4) is 0 Å². The molecule has 0 aliphatic carbocycles. The fourth-order valence-corrected chi connectivity index (χ4v) is 2.65. The SMILES string of the molecule is CC1=C(C(=O)N2CCNCC2)SCC(=O)N1. The molecule has 5 nitrogen and oxygen atoms in total. The largest absolute Gasteiger partial charge is 0.336 e. The van der Waals surface area contributed by atoms with Crippen molar-refractivity contribution in [3.63, 3.8) is 0 Å². The second-order valence-electron chi connectivity index (χ2n) is 3.83. The predicted octanol–water partition coefficient (Wildman–Crippen LogP) is -0.487. The lowest BCUT2D eigenvalue weighted by Gasteiger charge is -2.29. The molecule has 2 heterocycles. The van der Waals surface area contributed by atoms with Gasteiger partial charge in [-0.05, 0) is 6.92 Å². The Bertz CT molecular complexity index is 348. The van der Waals surface area contributed by atoms with E-state index in [2.05, 4.69) is 10.6 Å². The van der Waals surface area contributed by atoms with Crippen LogP contribution in [0.25, 0.3) is 0 Å². The first-order chi connectivity index (χ1) is 7.68. The lowest BCUT2D eigenvalue weighted by atomic mass is 10.3. The summed E-state index contributed by atoms with van der Waals surface area (Å²) in [6.45, 7) is 4.94. The third-order valence-corrected chi connectivity index (χ3v) is 3.79. The number of carbonyl (C=O) groups excluding carboxylic acids is 2. The molecule has 0 aromatic heterocycles. The Labute approximate surface area is 98.6 Å². The van der Waals surface area contributed by atoms with Crippen molar-refractivity contribution in [1.29, 1.82) is 0 Å². The highest BCUT2D eigenvalue weighted by molar-refractivity contribution is 8.04. The van der Waals surface area contributed by atoms with E-state index < -0.39 is 0 Å². The van der Waals surface area contributed by atoms with Gasteiger partial charge in [-0.15, -0.1) is 11.8 Å². The first kappa shape index (κ1) is 11.5. The molecule has 0 saturated carbocycles. The monoisotopic (exact) mass is 241 g/mol. The van der Waals surface area contributed by atoms with Crippen molar-refractivity contribution in [2.24, 2.45) is 0 Å². The number of hydrogen-bond acceptors (Lipinski definition) is 4. The summed E-state index contributed by atoms with van der Waals surface area (Å²) in [5.41, 5.74) is 0.685. The Morgan fingerprint density at radius 3 is 2.69 bits per heavy atom. The summed E-state index contributed by atoms with van der Waals surface area (Å²) in [4.78, 5) is 25.8. The summed E-state index contributed by atoms with van der Waals surface area (Å²) in [5, 5.41) is 5.91. The second kappa shape index (κ2) is 4.88. The van der Waals surface area contributed by atoms with Gasteiger partial charge < -0.3 is 15.5 Å². The molecule has 0 atom stereocenters. The number of nitrogens with zero attached hydrogens (tertiary/aromatic N) is 1. The van der Waals surface area contributed by atoms with Gasteiger partial charge >= 0.3 is 0 Å². The Hall–Kier alpha value is -1.01. The molecule has 0 radical (unpaired) electrons. The lowest BCUT2D eigenvalue weighted by molar-refractivity contribution is -0.127. The molecule has 2 amide bonds. The topological polar surface area (TPSA) is 61.4 Å². The van der Waals surface area contributed by atoms with Crippen molar-refractivity contribution in [2.45, 2.75) is 6.92 Å². The van der Waals surface area contributed by atoms with Crippen LogP contribution >= 0.6 is 11.8 Å². The first-order valence-electron chi connectivity index (χ1n) is 5.32. The van der Waals surface area contributed by atoms with Gasteiger partial charge in [0.05, 0.1) is 10.7 Å². The van der Waals surface area contributed by atoms with E-state index in [0.29, 0.717) is 16.4 Å². The third-order valence-electron chi connectivity index (χ3n) is 2.61. The fraction of sp³-hybridized carbons (Fsp3) is 0.600.